The van der Waals surface area contributed by atoms with Crippen LogP contribution in [0.25, 0.3) is 0 Å². The second-order valence-electron chi connectivity index (χ2n) is 3.73. The zero-order valence-electron chi connectivity index (χ0n) is 9.20. The number of carbonyl (C=O) groups is 1. The number of hydrogen-bond donors (Lipinski definition) is 1. The van der Waals surface area contributed by atoms with Crippen LogP contribution in [0.5, 0.6) is 0 Å². The lowest BCUT2D eigenvalue weighted by atomic mass is 10.2. The molecular weight excluding hydrogens is 261 g/mol. The maximum Gasteiger partial charge on any atom is 0.411 e. The maximum atomic E-state index is 11.8. The molecule has 0 spiro atoms. The largest absolute Gasteiger partial charge is 0.411 e. The number of amides is 1. The molecule has 0 saturated carbocycles. The Morgan fingerprint density at radius 2 is 2.12 bits per heavy atom. The minimum atomic E-state index is -4.39. The summed E-state index contributed by atoms with van der Waals surface area (Å²) in [6.07, 6.45) is -2.74. The number of nitrogens with zero attached hydrogens (tertiary/aromatic N) is 1. The van der Waals surface area contributed by atoms with E-state index in [0.717, 1.165) is 12.8 Å². The molecule has 8 heteroatoms. The van der Waals surface area contributed by atoms with E-state index in [1.165, 1.54) is 4.90 Å². The number of ether oxygens (including phenoxy) is 1. The van der Waals surface area contributed by atoms with E-state index >= 15 is 0 Å². The first-order valence-electron chi connectivity index (χ1n) is 5.08. The van der Waals surface area contributed by atoms with Gasteiger partial charge in [-0.3, -0.25) is 4.79 Å². The van der Waals surface area contributed by atoms with Crippen molar-refractivity contribution in [2.45, 2.75) is 25.1 Å². The summed E-state index contributed by atoms with van der Waals surface area (Å²) in [6.45, 7) is -1.03. The summed E-state index contributed by atoms with van der Waals surface area (Å²) in [5, 5.41) is 0. The van der Waals surface area contributed by atoms with Crippen molar-refractivity contribution >= 4 is 18.3 Å². The van der Waals surface area contributed by atoms with E-state index in [1.807, 2.05) is 0 Å². The van der Waals surface area contributed by atoms with E-state index in [2.05, 4.69) is 4.74 Å². The topological polar surface area (TPSA) is 55.6 Å². The first kappa shape index (κ1) is 16.5. The van der Waals surface area contributed by atoms with Crippen molar-refractivity contribution < 1.29 is 22.7 Å². The van der Waals surface area contributed by atoms with Gasteiger partial charge in [-0.1, -0.05) is 0 Å². The van der Waals surface area contributed by atoms with Crippen molar-refractivity contribution in [1.82, 2.24) is 4.90 Å². The summed E-state index contributed by atoms with van der Waals surface area (Å²) in [4.78, 5) is 13.0. The van der Waals surface area contributed by atoms with E-state index in [-0.39, 0.29) is 18.4 Å². The third-order valence-corrected chi connectivity index (χ3v) is 2.46. The SMILES string of the molecule is Cl.NCC1CCCN1C(=O)COCC(F)(F)F. The molecule has 1 unspecified atom stereocenters. The molecule has 1 saturated heterocycles. The van der Waals surface area contributed by atoms with E-state index in [1.54, 1.807) is 0 Å². The van der Waals surface area contributed by atoms with Gasteiger partial charge in [0.25, 0.3) is 0 Å². The fourth-order valence-electron chi connectivity index (χ4n) is 1.75. The van der Waals surface area contributed by atoms with Crippen LogP contribution in [0.3, 0.4) is 0 Å². The van der Waals surface area contributed by atoms with Gasteiger partial charge in [-0.2, -0.15) is 13.2 Å². The van der Waals surface area contributed by atoms with Crippen molar-refractivity contribution in [2.24, 2.45) is 5.73 Å². The molecule has 0 aromatic rings. The number of hydrogen-bond acceptors (Lipinski definition) is 3. The number of halogens is 4. The molecule has 1 aliphatic heterocycles. The van der Waals surface area contributed by atoms with Crippen molar-refractivity contribution in [3.05, 3.63) is 0 Å². The van der Waals surface area contributed by atoms with E-state index in [4.69, 9.17) is 5.73 Å². The van der Waals surface area contributed by atoms with Crippen LogP contribution in [-0.2, 0) is 9.53 Å². The number of likely N-dealkylation sites (tertiary alicyclic amines) is 1. The highest BCUT2D eigenvalue weighted by atomic mass is 35.5. The molecule has 1 aliphatic rings. The van der Waals surface area contributed by atoms with Crippen molar-refractivity contribution in [1.29, 1.82) is 0 Å². The predicted molar refractivity (Wildman–Crippen MR) is 57.9 cm³/mol. The monoisotopic (exact) mass is 276 g/mol. The van der Waals surface area contributed by atoms with Gasteiger partial charge in [-0.25, -0.2) is 0 Å². The zero-order chi connectivity index (χ0) is 12.2. The summed E-state index contributed by atoms with van der Waals surface area (Å²) in [5.74, 6) is -0.419. The quantitative estimate of drug-likeness (QED) is 0.831. The number of alkyl halides is 3. The molecular formula is C9H16ClF3N2O2. The van der Waals surface area contributed by atoms with Gasteiger partial charge in [0, 0.05) is 19.1 Å². The second kappa shape index (κ2) is 7.03. The zero-order valence-corrected chi connectivity index (χ0v) is 10.0. The summed E-state index contributed by atoms with van der Waals surface area (Å²) in [6, 6.07) is -0.0537. The lowest BCUT2D eigenvalue weighted by molar-refractivity contribution is -0.178. The molecule has 0 aromatic heterocycles. The first-order valence-corrected chi connectivity index (χ1v) is 5.08. The van der Waals surface area contributed by atoms with Gasteiger partial charge in [0.2, 0.25) is 5.91 Å². The minimum Gasteiger partial charge on any atom is -0.362 e. The van der Waals surface area contributed by atoms with Crippen LogP contribution in [0.1, 0.15) is 12.8 Å². The normalized spacial score (nSPS) is 20.2. The van der Waals surface area contributed by atoms with Crippen LogP contribution in [-0.4, -0.2) is 49.3 Å². The summed E-state index contributed by atoms with van der Waals surface area (Å²) >= 11 is 0. The lowest BCUT2D eigenvalue weighted by Crippen LogP contribution is -2.42. The highest BCUT2D eigenvalue weighted by molar-refractivity contribution is 5.85. The van der Waals surface area contributed by atoms with Gasteiger partial charge >= 0.3 is 6.18 Å². The molecule has 1 amide bonds. The van der Waals surface area contributed by atoms with E-state index in [9.17, 15) is 18.0 Å². The summed E-state index contributed by atoms with van der Waals surface area (Å²) in [7, 11) is 0. The van der Waals surface area contributed by atoms with Crippen LogP contribution in [0.2, 0.25) is 0 Å². The minimum absolute atomic E-state index is 0. The van der Waals surface area contributed by atoms with Gasteiger partial charge in [0.05, 0.1) is 0 Å². The summed E-state index contributed by atoms with van der Waals surface area (Å²) in [5.41, 5.74) is 5.45. The number of nitrogens with two attached hydrogens (primary N) is 1. The highest BCUT2D eigenvalue weighted by Gasteiger charge is 2.30. The van der Waals surface area contributed by atoms with Gasteiger partial charge in [0.15, 0.2) is 0 Å². The smallest absolute Gasteiger partial charge is 0.362 e. The molecule has 2 N–H and O–H groups in total. The Kier molecular flexibility index (Phi) is 6.81. The van der Waals surface area contributed by atoms with Crippen LogP contribution in [0, 0.1) is 0 Å². The molecule has 1 heterocycles. The standard InChI is InChI=1S/C9H15F3N2O2.ClH/c10-9(11,12)6-16-5-8(15)14-3-1-2-7(14)4-13;/h7H,1-6,13H2;1H. The van der Waals surface area contributed by atoms with Gasteiger partial charge in [-0.05, 0) is 12.8 Å². The van der Waals surface area contributed by atoms with E-state index in [0.29, 0.717) is 13.1 Å². The average molecular weight is 277 g/mol. The molecule has 4 nitrogen and oxygen atoms in total. The van der Waals surface area contributed by atoms with Gasteiger partial charge in [0.1, 0.15) is 13.2 Å². The Bertz CT molecular complexity index is 251. The van der Waals surface area contributed by atoms with Gasteiger partial charge < -0.3 is 15.4 Å². The Balaban J connectivity index is 0.00000256. The third-order valence-electron chi connectivity index (χ3n) is 2.46. The Morgan fingerprint density at radius 1 is 1.47 bits per heavy atom. The Morgan fingerprint density at radius 3 is 2.65 bits per heavy atom. The summed E-state index contributed by atoms with van der Waals surface area (Å²) < 4.78 is 39.6. The molecule has 1 atom stereocenters. The average Bonchev–Trinajstić information content (AvgIpc) is 2.63. The van der Waals surface area contributed by atoms with E-state index < -0.39 is 25.3 Å². The van der Waals surface area contributed by atoms with Gasteiger partial charge in [-0.15, -0.1) is 12.4 Å². The molecule has 0 aliphatic carbocycles. The third kappa shape index (κ3) is 5.56. The Hall–Kier alpha value is -0.530. The fraction of sp³-hybridized carbons (Fsp3) is 0.889. The second-order valence-corrected chi connectivity index (χ2v) is 3.73. The molecule has 1 fully saturated rings. The molecule has 1 rings (SSSR count). The van der Waals surface area contributed by atoms with Crippen molar-refractivity contribution in [3.8, 4) is 0 Å². The van der Waals surface area contributed by atoms with Crippen molar-refractivity contribution in [3.63, 3.8) is 0 Å². The lowest BCUT2D eigenvalue weighted by Gasteiger charge is -2.23. The molecule has 17 heavy (non-hydrogen) atoms. The predicted octanol–water partition coefficient (Wildman–Crippen LogP) is 0.937. The molecule has 102 valence electrons. The first-order chi connectivity index (χ1) is 7.44. The van der Waals surface area contributed by atoms with Crippen LogP contribution in [0.15, 0.2) is 0 Å². The number of rotatable bonds is 4. The molecule has 0 radical (unpaired) electrons. The molecule has 0 bridgehead atoms. The molecule has 0 aromatic carbocycles. The maximum absolute atomic E-state index is 11.8. The van der Waals surface area contributed by atoms with Crippen molar-refractivity contribution in [2.75, 3.05) is 26.3 Å². The Labute approximate surface area is 104 Å². The van der Waals surface area contributed by atoms with Crippen LogP contribution < -0.4 is 5.73 Å². The van der Waals surface area contributed by atoms with Crippen LogP contribution in [0.4, 0.5) is 13.2 Å². The fourth-order valence-corrected chi connectivity index (χ4v) is 1.75. The van der Waals surface area contributed by atoms with Crippen LogP contribution >= 0.6 is 12.4 Å². The number of carbonyl (C=O) groups excluding carboxylic acids is 1. The highest BCUT2D eigenvalue weighted by Crippen LogP contribution is 2.17.